The van der Waals surface area contributed by atoms with Crippen molar-refractivity contribution in [3.05, 3.63) is 71.2 Å². The summed E-state index contributed by atoms with van der Waals surface area (Å²) in [6.07, 6.45) is 0. The molecule has 0 bridgehead atoms. The van der Waals surface area contributed by atoms with Crippen molar-refractivity contribution in [1.82, 2.24) is 0 Å². The molecular weight excluding hydrogens is 352 g/mol. The predicted molar refractivity (Wildman–Crippen MR) is 102 cm³/mol. The van der Waals surface area contributed by atoms with Crippen molar-refractivity contribution in [2.75, 3.05) is 0 Å². The fourth-order valence-corrected chi connectivity index (χ4v) is 5.18. The molecule has 0 aliphatic heterocycles. The van der Waals surface area contributed by atoms with Gasteiger partial charge in [0.2, 0.25) is 0 Å². The van der Waals surface area contributed by atoms with E-state index in [2.05, 4.69) is 82.7 Å². The number of benzene rings is 4. The normalized spacial score (nSPS) is 11.9. The van der Waals surface area contributed by atoms with Gasteiger partial charge in [-0.25, -0.2) is 0 Å². The fraction of sp³-hybridized carbons (Fsp3) is 0. The number of hydrogen-bond donors (Lipinski definition) is 0. The second-order valence-corrected chi connectivity index (χ2v) is 7.45. The van der Waals surface area contributed by atoms with Gasteiger partial charge in [-0.15, -0.1) is 11.3 Å². The van der Waals surface area contributed by atoms with Crippen LogP contribution in [0.3, 0.4) is 0 Å². The Morgan fingerprint density at radius 3 is 2.18 bits per heavy atom. The van der Waals surface area contributed by atoms with Crippen LogP contribution in [-0.2, 0) is 0 Å². The Morgan fingerprint density at radius 1 is 0.682 bits per heavy atom. The average Bonchev–Trinajstić information content (AvgIpc) is 2.96. The molecule has 0 N–H and O–H groups in total. The van der Waals surface area contributed by atoms with Gasteiger partial charge < -0.3 is 0 Å². The maximum absolute atomic E-state index is 3.77. The topological polar surface area (TPSA) is 0 Å². The lowest BCUT2D eigenvalue weighted by atomic mass is 10.00. The van der Waals surface area contributed by atoms with Crippen LogP contribution in [0.5, 0.6) is 0 Å². The zero-order chi connectivity index (χ0) is 14.7. The summed E-state index contributed by atoms with van der Waals surface area (Å²) in [4.78, 5) is 0. The van der Waals surface area contributed by atoms with E-state index < -0.39 is 0 Å². The standard InChI is InChI=1S/C20H11BrS/c21-16-11-13-6-2-4-8-15(13)19-18-14-7-3-1-5-12(14)9-10-17(18)22-20(16)19/h1-11H. The Labute approximate surface area is 140 Å². The van der Waals surface area contributed by atoms with Gasteiger partial charge in [-0.1, -0.05) is 54.6 Å². The monoisotopic (exact) mass is 362 g/mol. The smallest absolute Gasteiger partial charge is 0.0504 e. The van der Waals surface area contributed by atoms with Crippen LogP contribution in [0.25, 0.3) is 41.7 Å². The first-order valence-electron chi connectivity index (χ1n) is 7.24. The molecule has 0 nitrogen and oxygen atoms in total. The van der Waals surface area contributed by atoms with E-state index >= 15 is 0 Å². The van der Waals surface area contributed by atoms with E-state index in [1.807, 2.05) is 11.3 Å². The molecule has 0 aliphatic rings. The first-order valence-corrected chi connectivity index (χ1v) is 8.85. The zero-order valence-corrected chi connectivity index (χ0v) is 14.0. The third kappa shape index (κ3) is 1.62. The molecular formula is C20H11BrS. The lowest BCUT2D eigenvalue weighted by Gasteiger charge is -2.04. The van der Waals surface area contributed by atoms with E-state index in [9.17, 15) is 0 Å². The van der Waals surface area contributed by atoms with E-state index in [0.717, 1.165) is 0 Å². The molecule has 2 heteroatoms. The third-order valence-corrected chi connectivity index (χ3v) is 6.39. The number of halogens is 1. The number of hydrogen-bond acceptors (Lipinski definition) is 1. The molecule has 0 spiro atoms. The van der Waals surface area contributed by atoms with E-state index in [1.165, 1.54) is 46.2 Å². The lowest BCUT2D eigenvalue weighted by molar-refractivity contribution is 1.79. The first kappa shape index (κ1) is 12.6. The molecule has 0 amide bonds. The van der Waals surface area contributed by atoms with Crippen molar-refractivity contribution >= 4 is 69.0 Å². The van der Waals surface area contributed by atoms with Gasteiger partial charge >= 0.3 is 0 Å². The van der Waals surface area contributed by atoms with Crippen LogP contribution < -0.4 is 0 Å². The minimum Gasteiger partial charge on any atom is -0.134 e. The highest BCUT2D eigenvalue weighted by atomic mass is 79.9. The van der Waals surface area contributed by atoms with Gasteiger partial charge in [0, 0.05) is 19.9 Å². The summed E-state index contributed by atoms with van der Waals surface area (Å²) < 4.78 is 3.88. The van der Waals surface area contributed by atoms with Crippen molar-refractivity contribution in [1.29, 1.82) is 0 Å². The van der Waals surface area contributed by atoms with Crippen molar-refractivity contribution in [3.8, 4) is 0 Å². The summed E-state index contributed by atoms with van der Waals surface area (Å²) in [6, 6.07) is 24.0. The van der Waals surface area contributed by atoms with Gasteiger partial charge in [-0.3, -0.25) is 0 Å². The zero-order valence-electron chi connectivity index (χ0n) is 11.6. The summed E-state index contributed by atoms with van der Waals surface area (Å²) in [6.45, 7) is 0. The van der Waals surface area contributed by atoms with Crippen LogP contribution >= 0.6 is 27.3 Å². The summed E-state index contributed by atoms with van der Waals surface area (Å²) in [5, 5.41) is 8.03. The molecule has 0 aliphatic carbocycles. The predicted octanol–water partition coefficient (Wildman–Crippen LogP) is 7.12. The van der Waals surface area contributed by atoms with Crippen molar-refractivity contribution in [3.63, 3.8) is 0 Å². The molecule has 0 saturated heterocycles. The molecule has 0 saturated carbocycles. The maximum Gasteiger partial charge on any atom is 0.0504 e. The van der Waals surface area contributed by atoms with Gasteiger partial charge in [0.25, 0.3) is 0 Å². The largest absolute Gasteiger partial charge is 0.134 e. The Morgan fingerprint density at radius 2 is 1.36 bits per heavy atom. The Kier molecular flexibility index (Phi) is 2.61. The second kappa shape index (κ2) is 4.55. The number of rotatable bonds is 0. The van der Waals surface area contributed by atoms with Gasteiger partial charge in [-0.2, -0.15) is 0 Å². The number of fused-ring (bicyclic) bond motifs is 7. The Hall–Kier alpha value is -1.90. The van der Waals surface area contributed by atoms with Gasteiger partial charge in [-0.05, 0) is 49.6 Å². The molecule has 5 aromatic rings. The second-order valence-electron chi connectivity index (χ2n) is 5.55. The highest BCUT2D eigenvalue weighted by Gasteiger charge is 2.13. The van der Waals surface area contributed by atoms with Crippen LogP contribution in [0.1, 0.15) is 0 Å². The number of thiophene rings is 1. The van der Waals surface area contributed by atoms with Crippen LogP contribution in [-0.4, -0.2) is 0 Å². The van der Waals surface area contributed by atoms with E-state index in [1.54, 1.807) is 0 Å². The molecule has 0 unspecified atom stereocenters. The lowest BCUT2D eigenvalue weighted by Crippen LogP contribution is -1.77. The minimum atomic E-state index is 1.19. The highest BCUT2D eigenvalue weighted by Crippen LogP contribution is 2.44. The van der Waals surface area contributed by atoms with E-state index in [-0.39, 0.29) is 0 Å². The van der Waals surface area contributed by atoms with Crippen LogP contribution in [0.2, 0.25) is 0 Å². The molecule has 104 valence electrons. The SMILES string of the molecule is Brc1cc2ccccc2c2c1sc1ccc3ccccc3c12. The summed E-state index contributed by atoms with van der Waals surface area (Å²) in [5.41, 5.74) is 0. The van der Waals surface area contributed by atoms with Crippen LogP contribution in [0, 0.1) is 0 Å². The van der Waals surface area contributed by atoms with Gasteiger partial charge in [0.15, 0.2) is 0 Å². The summed E-state index contributed by atoms with van der Waals surface area (Å²) in [7, 11) is 0. The molecule has 4 aromatic carbocycles. The van der Waals surface area contributed by atoms with Crippen LogP contribution in [0.4, 0.5) is 0 Å². The van der Waals surface area contributed by atoms with Gasteiger partial charge in [0.05, 0.1) is 4.70 Å². The quantitative estimate of drug-likeness (QED) is 0.275. The van der Waals surface area contributed by atoms with Crippen molar-refractivity contribution in [2.24, 2.45) is 0 Å². The molecule has 0 atom stereocenters. The van der Waals surface area contributed by atoms with E-state index in [0.29, 0.717) is 0 Å². The Balaban J connectivity index is 2.20. The maximum atomic E-state index is 3.77. The fourth-order valence-electron chi connectivity index (χ4n) is 3.35. The first-order chi connectivity index (χ1) is 10.8. The molecule has 5 rings (SSSR count). The van der Waals surface area contributed by atoms with E-state index in [4.69, 9.17) is 0 Å². The van der Waals surface area contributed by atoms with Crippen molar-refractivity contribution in [2.45, 2.75) is 0 Å². The summed E-state index contributed by atoms with van der Waals surface area (Å²) >= 11 is 5.64. The van der Waals surface area contributed by atoms with Gasteiger partial charge in [0.1, 0.15) is 0 Å². The molecule has 22 heavy (non-hydrogen) atoms. The average molecular weight is 363 g/mol. The Bertz CT molecular complexity index is 1180. The molecule has 0 radical (unpaired) electrons. The van der Waals surface area contributed by atoms with Crippen LogP contribution in [0.15, 0.2) is 71.2 Å². The highest BCUT2D eigenvalue weighted by molar-refractivity contribution is 9.10. The molecule has 1 aromatic heterocycles. The minimum absolute atomic E-state index is 1.19. The van der Waals surface area contributed by atoms with Crippen molar-refractivity contribution < 1.29 is 0 Å². The molecule has 1 heterocycles. The summed E-state index contributed by atoms with van der Waals surface area (Å²) in [5.74, 6) is 0. The molecule has 0 fully saturated rings. The third-order valence-electron chi connectivity index (χ3n) is 4.31.